The number of carbonyl (C=O) groups excluding carboxylic acids is 1. The van der Waals surface area contributed by atoms with Crippen molar-refractivity contribution >= 4 is 5.91 Å². The van der Waals surface area contributed by atoms with Gasteiger partial charge in [-0.25, -0.2) is 4.39 Å². The Labute approximate surface area is 175 Å². The molecule has 0 saturated carbocycles. The molecule has 162 valence electrons. The van der Waals surface area contributed by atoms with E-state index in [1.54, 1.807) is 43.4 Å². The Morgan fingerprint density at radius 1 is 1.13 bits per heavy atom. The number of methoxy groups -OCH3 is 2. The lowest BCUT2D eigenvalue weighted by molar-refractivity contribution is -0.141. The molecule has 7 heteroatoms. The highest BCUT2D eigenvalue weighted by Crippen LogP contribution is 2.34. The number of benzene rings is 2. The predicted molar refractivity (Wildman–Crippen MR) is 110 cm³/mol. The second-order valence-corrected chi connectivity index (χ2v) is 7.81. The van der Waals surface area contributed by atoms with Crippen molar-refractivity contribution < 1.29 is 28.9 Å². The van der Waals surface area contributed by atoms with E-state index in [0.29, 0.717) is 30.9 Å². The molecule has 0 aliphatic carbocycles. The largest absolute Gasteiger partial charge is 0.493 e. The van der Waals surface area contributed by atoms with E-state index in [2.05, 4.69) is 0 Å². The Morgan fingerprint density at radius 3 is 2.43 bits per heavy atom. The zero-order chi connectivity index (χ0) is 21.7. The molecule has 2 atom stereocenters. The van der Waals surface area contributed by atoms with E-state index in [4.69, 9.17) is 9.47 Å². The van der Waals surface area contributed by atoms with E-state index >= 15 is 0 Å². The van der Waals surface area contributed by atoms with Crippen LogP contribution in [0.3, 0.4) is 0 Å². The van der Waals surface area contributed by atoms with Crippen LogP contribution in [-0.2, 0) is 17.6 Å². The molecular formula is C23H28FNO5. The van der Waals surface area contributed by atoms with Gasteiger partial charge in [-0.2, -0.15) is 0 Å². The number of hydrogen-bond acceptors (Lipinski definition) is 5. The number of aliphatic hydroxyl groups excluding tert-OH is 2. The molecule has 1 fully saturated rings. The zero-order valence-corrected chi connectivity index (χ0v) is 17.3. The van der Waals surface area contributed by atoms with Crippen molar-refractivity contribution in [1.82, 2.24) is 4.90 Å². The molecule has 0 bridgehead atoms. The Morgan fingerprint density at radius 2 is 1.80 bits per heavy atom. The van der Waals surface area contributed by atoms with Crippen LogP contribution in [0.2, 0.25) is 0 Å². The molecule has 1 aliphatic heterocycles. The number of ether oxygens (including phenoxy) is 2. The fraction of sp³-hybridized carbons (Fsp3) is 0.435. The van der Waals surface area contributed by atoms with Gasteiger partial charge in [-0.3, -0.25) is 4.79 Å². The summed E-state index contributed by atoms with van der Waals surface area (Å²) in [7, 11) is 3.10. The van der Waals surface area contributed by atoms with E-state index < -0.39 is 11.5 Å². The summed E-state index contributed by atoms with van der Waals surface area (Å²) in [6, 6.07) is 11.3. The quantitative estimate of drug-likeness (QED) is 0.722. The highest BCUT2D eigenvalue weighted by Gasteiger charge is 2.43. The van der Waals surface area contributed by atoms with Crippen LogP contribution >= 0.6 is 0 Å². The van der Waals surface area contributed by atoms with E-state index in [1.165, 1.54) is 12.1 Å². The summed E-state index contributed by atoms with van der Waals surface area (Å²) in [5, 5.41) is 20.8. The summed E-state index contributed by atoms with van der Waals surface area (Å²) < 4.78 is 23.8. The number of piperidine rings is 1. The van der Waals surface area contributed by atoms with Gasteiger partial charge < -0.3 is 24.6 Å². The number of likely N-dealkylation sites (tertiary alicyclic amines) is 1. The number of rotatable bonds is 7. The summed E-state index contributed by atoms with van der Waals surface area (Å²) in [6.45, 7) is 0.373. The molecule has 6 nitrogen and oxygen atoms in total. The van der Waals surface area contributed by atoms with Gasteiger partial charge in [0, 0.05) is 18.5 Å². The van der Waals surface area contributed by atoms with Crippen LogP contribution in [0, 0.1) is 11.2 Å². The molecule has 1 saturated heterocycles. The lowest BCUT2D eigenvalue weighted by Gasteiger charge is -2.45. The first-order valence-electron chi connectivity index (χ1n) is 9.93. The second kappa shape index (κ2) is 9.45. The molecule has 1 aliphatic rings. The van der Waals surface area contributed by atoms with Crippen LogP contribution in [0.1, 0.15) is 17.5 Å². The first kappa shape index (κ1) is 22.1. The zero-order valence-electron chi connectivity index (χ0n) is 17.3. The number of hydrogen-bond donors (Lipinski definition) is 2. The minimum Gasteiger partial charge on any atom is -0.493 e. The molecule has 0 radical (unpaired) electrons. The van der Waals surface area contributed by atoms with Crippen LogP contribution in [-0.4, -0.2) is 61.0 Å². The number of halogens is 1. The maximum absolute atomic E-state index is 13.2. The lowest BCUT2D eigenvalue weighted by Crippen LogP contribution is -2.56. The van der Waals surface area contributed by atoms with Gasteiger partial charge in [0.15, 0.2) is 11.5 Å². The summed E-state index contributed by atoms with van der Waals surface area (Å²) >= 11 is 0. The summed E-state index contributed by atoms with van der Waals surface area (Å²) in [4.78, 5) is 14.7. The predicted octanol–water partition coefficient (Wildman–Crippen LogP) is 2.20. The molecule has 0 unspecified atom stereocenters. The van der Waals surface area contributed by atoms with Gasteiger partial charge in [0.2, 0.25) is 5.91 Å². The monoisotopic (exact) mass is 417 g/mol. The molecule has 1 amide bonds. The summed E-state index contributed by atoms with van der Waals surface area (Å²) in [5.41, 5.74) is 0.708. The minimum absolute atomic E-state index is 0.0916. The third-order valence-corrected chi connectivity index (χ3v) is 5.83. The lowest BCUT2D eigenvalue weighted by atomic mass is 9.73. The van der Waals surface area contributed by atoms with E-state index in [0.717, 1.165) is 11.1 Å². The van der Waals surface area contributed by atoms with Crippen LogP contribution < -0.4 is 9.47 Å². The van der Waals surface area contributed by atoms with Crippen LogP contribution in [0.4, 0.5) is 4.39 Å². The van der Waals surface area contributed by atoms with Crippen molar-refractivity contribution in [1.29, 1.82) is 0 Å². The van der Waals surface area contributed by atoms with Crippen molar-refractivity contribution in [3.63, 3.8) is 0 Å². The second-order valence-electron chi connectivity index (χ2n) is 7.81. The van der Waals surface area contributed by atoms with Crippen molar-refractivity contribution in [3.05, 3.63) is 59.4 Å². The van der Waals surface area contributed by atoms with Crippen molar-refractivity contribution in [3.8, 4) is 11.5 Å². The Hall–Kier alpha value is -2.64. The number of amides is 1. The third-order valence-electron chi connectivity index (χ3n) is 5.83. The van der Waals surface area contributed by atoms with Crippen molar-refractivity contribution in [2.24, 2.45) is 5.41 Å². The third kappa shape index (κ3) is 4.74. The molecule has 3 rings (SSSR count). The van der Waals surface area contributed by atoms with E-state index in [9.17, 15) is 19.4 Å². The maximum Gasteiger partial charge on any atom is 0.227 e. The molecule has 2 aromatic rings. The van der Waals surface area contributed by atoms with Gasteiger partial charge in [-0.05, 0) is 48.2 Å². The van der Waals surface area contributed by atoms with E-state index in [1.807, 2.05) is 6.07 Å². The van der Waals surface area contributed by atoms with Gasteiger partial charge in [0.25, 0.3) is 0 Å². The van der Waals surface area contributed by atoms with Crippen molar-refractivity contribution in [2.45, 2.75) is 25.4 Å². The minimum atomic E-state index is -0.886. The summed E-state index contributed by atoms with van der Waals surface area (Å²) in [6.07, 6.45) is 0.150. The average molecular weight is 417 g/mol. The molecule has 2 N–H and O–H groups in total. The molecule has 0 spiro atoms. The van der Waals surface area contributed by atoms with Gasteiger partial charge in [-0.15, -0.1) is 0 Å². The highest BCUT2D eigenvalue weighted by atomic mass is 19.1. The Balaban J connectivity index is 1.74. The molecule has 2 aromatic carbocycles. The standard InChI is InChI=1S/C23H28FNO5/c1-29-19-8-5-17(11-20(19)30-2)12-22(28)25-10-9-21(27)23(14-25,15-26)13-16-3-6-18(24)7-4-16/h3-8,11,21,26-27H,9-10,12-15H2,1-2H3/t21-,23-/m0/s1. The SMILES string of the molecule is COc1ccc(CC(=O)N2CC[C@H](O)[C@@](CO)(Cc3ccc(F)cc3)C2)cc1OC. The van der Waals surface area contributed by atoms with Crippen LogP contribution in [0.25, 0.3) is 0 Å². The van der Waals surface area contributed by atoms with Gasteiger partial charge >= 0.3 is 0 Å². The number of nitrogens with zero attached hydrogens (tertiary/aromatic N) is 1. The summed E-state index contributed by atoms with van der Waals surface area (Å²) in [5.74, 6) is 0.713. The van der Waals surface area contributed by atoms with Crippen LogP contribution in [0.15, 0.2) is 42.5 Å². The molecule has 0 aromatic heterocycles. The van der Waals surface area contributed by atoms with E-state index in [-0.39, 0.29) is 31.3 Å². The van der Waals surface area contributed by atoms with Gasteiger partial charge in [0.05, 0.1) is 33.4 Å². The Kier molecular flexibility index (Phi) is 6.95. The van der Waals surface area contributed by atoms with Gasteiger partial charge in [-0.1, -0.05) is 18.2 Å². The first-order chi connectivity index (χ1) is 14.4. The normalized spacial score (nSPS) is 21.4. The molecule has 30 heavy (non-hydrogen) atoms. The molecule has 1 heterocycles. The van der Waals surface area contributed by atoms with Gasteiger partial charge in [0.1, 0.15) is 5.82 Å². The Bertz CT molecular complexity index is 872. The smallest absolute Gasteiger partial charge is 0.227 e. The fourth-order valence-corrected chi connectivity index (χ4v) is 4.03. The number of aliphatic hydroxyl groups is 2. The average Bonchev–Trinajstić information content (AvgIpc) is 2.76. The fourth-order valence-electron chi connectivity index (χ4n) is 4.03. The molecular weight excluding hydrogens is 389 g/mol. The topological polar surface area (TPSA) is 79.2 Å². The maximum atomic E-state index is 13.2. The van der Waals surface area contributed by atoms with Crippen molar-refractivity contribution in [2.75, 3.05) is 33.9 Å². The van der Waals surface area contributed by atoms with Crippen LogP contribution in [0.5, 0.6) is 11.5 Å². The number of carbonyl (C=O) groups is 1. The highest BCUT2D eigenvalue weighted by molar-refractivity contribution is 5.79. The first-order valence-corrected chi connectivity index (χ1v) is 9.93.